The highest BCUT2D eigenvalue weighted by Crippen LogP contribution is 2.31. The fraction of sp³-hybridized carbons (Fsp3) is 0.917. The third-order valence-corrected chi connectivity index (χ3v) is 3.94. The molecule has 4 heteroatoms. The lowest BCUT2D eigenvalue weighted by Gasteiger charge is -2.34. The van der Waals surface area contributed by atoms with E-state index in [9.17, 15) is 4.79 Å². The largest absolute Gasteiger partial charge is 0.379 e. The number of hydrogen-bond acceptors (Lipinski definition) is 3. The Morgan fingerprint density at radius 3 is 2.75 bits per heavy atom. The highest BCUT2D eigenvalue weighted by atomic mass is 16.5. The number of likely N-dealkylation sites (N-methyl/N-ethyl adjacent to an activating group) is 1. The number of likely N-dealkylation sites (tertiary alicyclic amines) is 1. The summed E-state index contributed by atoms with van der Waals surface area (Å²) in [5.41, 5.74) is 0.0258. The molecule has 2 atom stereocenters. The van der Waals surface area contributed by atoms with Gasteiger partial charge in [-0.1, -0.05) is 0 Å². The molecule has 0 saturated carbocycles. The highest BCUT2D eigenvalue weighted by molar-refractivity contribution is 5.81. The number of carbonyl (C=O) groups is 1. The first kappa shape index (κ1) is 11.9. The first-order valence-corrected chi connectivity index (χ1v) is 6.13. The summed E-state index contributed by atoms with van der Waals surface area (Å²) in [6, 6.07) is 0.184. The number of ether oxygens (including phenoxy) is 1. The van der Waals surface area contributed by atoms with Crippen LogP contribution in [0, 0.1) is 5.92 Å². The van der Waals surface area contributed by atoms with Crippen LogP contribution in [0.25, 0.3) is 0 Å². The molecule has 0 radical (unpaired) electrons. The molecule has 2 saturated heterocycles. The topological polar surface area (TPSA) is 41.6 Å². The van der Waals surface area contributed by atoms with Gasteiger partial charge in [-0.05, 0) is 33.7 Å². The Balaban J connectivity index is 2.07. The third kappa shape index (κ3) is 1.96. The maximum atomic E-state index is 12.4. The number of amides is 1. The minimum absolute atomic E-state index is 0.00220. The molecule has 2 heterocycles. The number of nitrogens with zero attached hydrogens (tertiary/aromatic N) is 1. The minimum Gasteiger partial charge on any atom is -0.379 e. The number of carbonyl (C=O) groups excluding carboxylic acids is 1. The molecule has 4 nitrogen and oxygen atoms in total. The van der Waals surface area contributed by atoms with Gasteiger partial charge in [-0.15, -0.1) is 0 Å². The molecular weight excluding hydrogens is 204 g/mol. The minimum atomic E-state index is 0.00220. The van der Waals surface area contributed by atoms with Crippen LogP contribution in [-0.2, 0) is 9.53 Å². The van der Waals surface area contributed by atoms with Crippen molar-refractivity contribution in [3.05, 3.63) is 0 Å². The predicted molar refractivity (Wildman–Crippen MR) is 62.2 cm³/mol. The highest BCUT2D eigenvalue weighted by Gasteiger charge is 2.42. The molecule has 2 aliphatic heterocycles. The van der Waals surface area contributed by atoms with Crippen LogP contribution in [0.5, 0.6) is 0 Å². The van der Waals surface area contributed by atoms with Crippen LogP contribution in [0.2, 0.25) is 0 Å². The maximum Gasteiger partial charge on any atom is 0.230 e. The third-order valence-electron chi connectivity index (χ3n) is 3.94. The van der Waals surface area contributed by atoms with Gasteiger partial charge in [0, 0.05) is 18.1 Å². The van der Waals surface area contributed by atoms with Crippen molar-refractivity contribution in [2.24, 2.45) is 5.92 Å². The van der Waals surface area contributed by atoms with Crippen molar-refractivity contribution >= 4 is 5.91 Å². The molecule has 2 unspecified atom stereocenters. The number of nitrogens with one attached hydrogen (secondary N) is 1. The molecule has 0 aromatic rings. The Hall–Kier alpha value is -0.610. The van der Waals surface area contributed by atoms with Gasteiger partial charge in [-0.2, -0.15) is 0 Å². The molecule has 1 N–H and O–H groups in total. The summed E-state index contributed by atoms with van der Waals surface area (Å²) in [4.78, 5) is 14.5. The first-order valence-electron chi connectivity index (χ1n) is 6.13. The SMILES string of the molecule is CNC1COCC1C(=O)N1CCCC1(C)C. The van der Waals surface area contributed by atoms with Gasteiger partial charge >= 0.3 is 0 Å². The summed E-state index contributed by atoms with van der Waals surface area (Å²) in [5.74, 6) is 0.265. The average Bonchev–Trinajstić information content (AvgIpc) is 2.82. The molecule has 16 heavy (non-hydrogen) atoms. The standard InChI is InChI=1S/C12H22N2O2/c1-12(2)5-4-6-14(12)11(15)9-7-16-8-10(9)13-3/h9-10,13H,4-8H2,1-3H3. The van der Waals surface area contributed by atoms with Crippen molar-refractivity contribution in [2.75, 3.05) is 26.8 Å². The lowest BCUT2D eigenvalue weighted by Crippen LogP contribution is -2.50. The molecule has 2 aliphatic rings. The molecule has 92 valence electrons. The quantitative estimate of drug-likeness (QED) is 0.750. The van der Waals surface area contributed by atoms with Crippen LogP contribution in [0.15, 0.2) is 0 Å². The first-order chi connectivity index (χ1) is 7.56. The summed E-state index contributed by atoms with van der Waals surface area (Å²) < 4.78 is 5.40. The van der Waals surface area contributed by atoms with Gasteiger partial charge in [-0.3, -0.25) is 4.79 Å². The molecule has 2 rings (SSSR count). The summed E-state index contributed by atoms with van der Waals surface area (Å²) in [7, 11) is 1.90. The Morgan fingerprint density at radius 2 is 2.19 bits per heavy atom. The van der Waals surface area contributed by atoms with E-state index in [1.54, 1.807) is 0 Å². The molecular formula is C12H22N2O2. The van der Waals surface area contributed by atoms with Gasteiger partial charge in [0.15, 0.2) is 0 Å². The van der Waals surface area contributed by atoms with E-state index in [0.29, 0.717) is 13.2 Å². The van der Waals surface area contributed by atoms with Crippen molar-refractivity contribution in [1.29, 1.82) is 0 Å². The van der Waals surface area contributed by atoms with Crippen LogP contribution in [0.1, 0.15) is 26.7 Å². The Bertz CT molecular complexity index is 278. The summed E-state index contributed by atoms with van der Waals surface area (Å²) in [6.07, 6.45) is 2.23. The van der Waals surface area contributed by atoms with Crippen molar-refractivity contribution in [3.63, 3.8) is 0 Å². The van der Waals surface area contributed by atoms with Gasteiger partial charge < -0.3 is 15.0 Å². The van der Waals surface area contributed by atoms with Gasteiger partial charge in [0.2, 0.25) is 5.91 Å². The predicted octanol–water partition coefficient (Wildman–Crippen LogP) is 0.622. The maximum absolute atomic E-state index is 12.4. The van der Waals surface area contributed by atoms with E-state index in [0.717, 1.165) is 19.4 Å². The molecule has 1 amide bonds. The van der Waals surface area contributed by atoms with E-state index in [4.69, 9.17) is 4.74 Å². The van der Waals surface area contributed by atoms with Crippen molar-refractivity contribution in [1.82, 2.24) is 10.2 Å². The van der Waals surface area contributed by atoms with Crippen LogP contribution < -0.4 is 5.32 Å². The lowest BCUT2D eigenvalue weighted by molar-refractivity contribution is -0.139. The van der Waals surface area contributed by atoms with Crippen molar-refractivity contribution in [2.45, 2.75) is 38.3 Å². The fourth-order valence-electron chi connectivity index (χ4n) is 2.80. The second-order valence-electron chi connectivity index (χ2n) is 5.44. The second kappa shape index (κ2) is 4.34. The van der Waals surface area contributed by atoms with Crippen molar-refractivity contribution < 1.29 is 9.53 Å². The summed E-state index contributed by atoms with van der Waals surface area (Å²) >= 11 is 0. The van der Waals surface area contributed by atoms with E-state index in [1.807, 2.05) is 11.9 Å². The van der Waals surface area contributed by atoms with Crippen molar-refractivity contribution in [3.8, 4) is 0 Å². The zero-order valence-electron chi connectivity index (χ0n) is 10.5. The molecule has 0 bridgehead atoms. The Morgan fingerprint density at radius 1 is 1.44 bits per heavy atom. The molecule has 0 aromatic carbocycles. The Kier molecular flexibility index (Phi) is 3.22. The number of hydrogen-bond donors (Lipinski definition) is 1. The zero-order chi connectivity index (χ0) is 11.8. The zero-order valence-corrected chi connectivity index (χ0v) is 10.5. The average molecular weight is 226 g/mol. The van der Waals surface area contributed by atoms with Gasteiger partial charge in [0.05, 0.1) is 19.1 Å². The van der Waals surface area contributed by atoms with Gasteiger partial charge in [0.1, 0.15) is 0 Å². The summed E-state index contributed by atoms with van der Waals surface area (Å²) in [5, 5.41) is 3.17. The second-order valence-corrected chi connectivity index (χ2v) is 5.44. The summed E-state index contributed by atoms with van der Waals surface area (Å²) in [6.45, 7) is 6.43. The van der Waals surface area contributed by atoms with Crippen LogP contribution in [0.3, 0.4) is 0 Å². The van der Waals surface area contributed by atoms with Gasteiger partial charge in [0.25, 0.3) is 0 Å². The molecule has 2 fully saturated rings. The van der Waals surface area contributed by atoms with E-state index < -0.39 is 0 Å². The molecule has 0 aliphatic carbocycles. The smallest absolute Gasteiger partial charge is 0.230 e. The normalized spacial score (nSPS) is 33.3. The van der Waals surface area contributed by atoms with E-state index >= 15 is 0 Å². The Labute approximate surface area is 97.3 Å². The van der Waals surface area contributed by atoms with Gasteiger partial charge in [-0.25, -0.2) is 0 Å². The van der Waals surface area contributed by atoms with Crippen LogP contribution in [0.4, 0.5) is 0 Å². The molecule has 0 aromatic heterocycles. The number of rotatable bonds is 2. The lowest BCUT2D eigenvalue weighted by atomic mass is 9.97. The fourth-order valence-corrected chi connectivity index (χ4v) is 2.80. The molecule has 0 spiro atoms. The van der Waals surface area contributed by atoms with E-state index in [-0.39, 0.29) is 23.4 Å². The van der Waals surface area contributed by atoms with Crippen LogP contribution >= 0.6 is 0 Å². The van der Waals surface area contributed by atoms with E-state index in [1.165, 1.54) is 0 Å². The van der Waals surface area contributed by atoms with E-state index in [2.05, 4.69) is 19.2 Å². The monoisotopic (exact) mass is 226 g/mol. The van der Waals surface area contributed by atoms with Crippen LogP contribution in [-0.4, -0.2) is 49.2 Å².